The largest absolute Gasteiger partial charge is 0.421 e. The molecule has 1 saturated heterocycles. The Morgan fingerprint density at radius 1 is 1.25 bits per heavy atom. The van der Waals surface area contributed by atoms with Gasteiger partial charge in [0.15, 0.2) is 0 Å². The SMILES string of the molecule is O=C(CCc1nnc(-c2ccsc2)o1)NC1CCCN(Cc2ccccc2)C1. The van der Waals surface area contributed by atoms with Crippen molar-refractivity contribution in [3.63, 3.8) is 0 Å². The number of thiophene rings is 1. The van der Waals surface area contributed by atoms with E-state index in [1.165, 1.54) is 5.56 Å². The predicted octanol–water partition coefficient (Wildman–Crippen LogP) is 3.51. The third-order valence-corrected chi connectivity index (χ3v) is 5.60. The van der Waals surface area contributed by atoms with Crippen molar-refractivity contribution in [1.29, 1.82) is 0 Å². The zero-order valence-electron chi connectivity index (χ0n) is 15.7. The zero-order chi connectivity index (χ0) is 19.2. The minimum Gasteiger partial charge on any atom is -0.421 e. The van der Waals surface area contributed by atoms with E-state index in [-0.39, 0.29) is 11.9 Å². The number of rotatable bonds is 7. The number of nitrogens with one attached hydrogen (secondary N) is 1. The summed E-state index contributed by atoms with van der Waals surface area (Å²) in [7, 11) is 0. The number of likely N-dealkylation sites (tertiary alicyclic amines) is 1. The summed E-state index contributed by atoms with van der Waals surface area (Å²) in [6.45, 7) is 2.90. The van der Waals surface area contributed by atoms with Crippen LogP contribution < -0.4 is 5.32 Å². The van der Waals surface area contributed by atoms with Crippen molar-refractivity contribution in [3.05, 3.63) is 58.6 Å². The minimum absolute atomic E-state index is 0.0434. The summed E-state index contributed by atoms with van der Waals surface area (Å²) in [4.78, 5) is 14.8. The van der Waals surface area contributed by atoms with Crippen molar-refractivity contribution in [3.8, 4) is 11.5 Å². The van der Waals surface area contributed by atoms with Gasteiger partial charge in [-0.3, -0.25) is 9.69 Å². The minimum atomic E-state index is 0.0434. The molecule has 0 radical (unpaired) electrons. The average Bonchev–Trinajstić information content (AvgIpc) is 3.39. The van der Waals surface area contributed by atoms with Crippen LogP contribution in [0.2, 0.25) is 0 Å². The van der Waals surface area contributed by atoms with Gasteiger partial charge in [-0.25, -0.2) is 0 Å². The lowest BCUT2D eigenvalue weighted by Crippen LogP contribution is -2.47. The smallest absolute Gasteiger partial charge is 0.248 e. The van der Waals surface area contributed by atoms with E-state index >= 15 is 0 Å². The van der Waals surface area contributed by atoms with Gasteiger partial charge in [-0.2, -0.15) is 11.3 Å². The lowest BCUT2D eigenvalue weighted by molar-refractivity contribution is -0.122. The molecule has 1 unspecified atom stereocenters. The second-order valence-corrected chi connectivity index (χ2v) is 7.92. The van der Waals surface area contributed by atoms with Crippen molar-refractivity contribution < 1.29 is 9.21 Å². The molecule has 3 aromatic rings. The molecule has 28 heavy (non-hydrogen) atoms. The molecule has 1 atom stereocenters. The number of aromatic nitrogens is 2. The Bertz CT molecular complexity index is 879. The predicted molar refractivity (Wildman–Crippen MR) is 109 cm³/mol. The number of benzene rings is 1. The summed E-state index contributed by atoms with van der Waals surface area (Å²) in [5.41, 5.74) is 2.24. The van der Waals surface area contributed by atoms with Crippen LogP contribution in [-0.2, 0) is 17.8 Å². The van der Waals surface area contributed by atoms with Gasteiger partial charge in [0.25, 0.3) is 0 Å². The van der Waals surface area contributed by atoms with E-state index in [4.69, 9.17) is 4.42 Å². The quantitative estimate of drug-likeness (QED) is 0.662. The van der Waals surface area contributed by atoms with E-state index in [1.54, 1.807) is 11.3 Å². The molecule has 7 heteroatoms. The molecule has 2 aromatic heterocycles. The van der Waals surface area contributed by atoms with Crippen LogP contribution in [0.1, 0.15) is 30.7 Å². The van der Waals surface area contributed by atoms with E-state index < -0.39 is 0 Å². The van der Waals surface area contributed by atoms with Crippen molar-refractivity contribution in [1.82, 2.24) is 20.4 Å². The number of aryl methyl sites for hydroxylation is 1. The van der Waals surface area contributed by atoms with Crippen molar-refractivity contribution in [2.24, 2.45) is 0 Å². The Balaban J connectivity index is 1.23. The summed E-state index contributed by atoms with van der Waals surface area (Å²) >= 11 is 1.59. The molecule has 1 N–H and O–H groups in total. The van der Waals surface area contributed by atoms with E-state index in [0.717, 1.165) is 38.0 Å². The van der Waals surface area contributed by atoms with Crippen LogP contribution in [0.5, 0.6) is 0 Å². The monoisotopic (exact) mass is 396 g/mol. The van der Waals surface area contributed by atoms with Gasteiger partial charge in [0.1, 0.15) is 0 Å². The van der Waals surface area contributed by atoms with Crippen molar-refractivity contribution in [2.45, 2.75) is 38.3 Å². The lowest BCUT2D eigenvalue weighted by Gasteiger charge is -2.33. The topological polar surface area (TPSA) is 71.3 Å². The first kappa shape index (κ1) is 18.8. The van der Waals surface area contributed by atoms with Crippen LogP contribution >= 0.6 is 11.3 Å². The van der Waals surface area contributed by atoms with Crippen LogP contribution in [0.3, 0.4) is 0 Å². The van der Waals surface area contributed by atoms with Crippen LogP contribution in [0.4, 0.5) is 0 Å². The Morgan fingerprint density at radius 3 is 2.96 bits per heavy atom. The summed E-state index contributed by atoms with van der Waals surface area (Å²) in [5, 5.41) is 15.2. The maximum atomic E-state index is 12.4. The van der Waals surface area contributed by atoms with E-state index in [2.05, 4.69) is 44.7 Å². The second-order valence-electron chi connectivity index (χ2n) is 7.14. The third kappa shape index (κ3) is 5.05. The molecule has 0 saturated carbocycles. The first-order chi connectivity index (χ1) is 13.8. The van der Waals surface area contributed by atoms with Gasteiger partial charge in [0.2, 0.25) is 17.7 Å². The highest BCUT2D eigenvalue weighted by molar-refractivity contribution is 7.08. The fourth-order valence-electron chi connectivity index (χ4n) is 3.54. The number of carbonyl (C=O) groups is 1. The Kier molecular flexibility index (Phi) is 6.14. The highest BCUT2D eigenvalue weighted by Gasteiger charge is 2.21. The first-order valence-electron chi connectivity index (χ1n) is 9.67. The zero-order valence-corrected chi connectivity index (χ0v) is 16.5. The van der Waals surface area contributed by atoms with Gasteiger partial charge in [0, 0.05) is 42.9 Å². The summed E-state index contributed by atoms with van der Waals surface area (Å²) in [6.07, 6.45) is 2.95. The molecule has 1 aromatic carbocycles. The summed E-state index contributed by atoms with van der Waals surface area (Å²) in [5.74, 6) is 1.06. The lowest BCUT2D eigenvalue weighted by atomic mass is 10.0. The molecule has 3 heterocycles. The Hall–Kier alpha value is -2.51. The van der Waals surface area contributed by atoms with E-state index in [1.807, 2.05) is 22.9 Å². The number of carbonyl (C=O) groups excluding carboxylic acids is 1. The van der Waals surface area contributed by atoms with Gasteiger partial charge in [-0.15, -0.1) is 10.2 Å². The Morgan fingerprint density at radius 2 is 2.14 bits per heavy atom. The molecule has 4 rings (SSSR count). The van der Waals surface area contributed by atoms with Crippen molar-refractivity contribution in [2.75, 3.05) is 13.1 Å². The van der Waals surface area contributed by atoms with Gasteiger partial charge >= 0.3 is 0 Å². The molecule has 6 nitrogen and oxygen atoms in total. The molecule has 1 amide bonds. The summed E-state index contributed by atoms with van der Waals surface area (Å²) in [6, 6.07) is 12.6. The van der Waals surface area contributed by atoms with E-state index in [0.29, 0.717) is 24.6 Å². The van der Waals surface area contributed by atoms with Gasteiger partial charge in [-0.05, 0) is 36.4 Å². The fourth-order valence-corrected chi connectivity index (χ4v) is 4.17. The number of nitrogens with zero attached hydrogens (tertiary/aromatic N) is 3. The molecule has 1 fully saturated rings. The third-order valence-electron chi connectivity index (χ3n) is 4.92. The first-order valence-corrected chi connectivity index (χ1v) is 10.6. The maximum absolute atomic E-state index is 12.4. The van der Waals surface area contributed by atoms with Gasteiger partial charge in [0.05, 0.1) is 0 Å². The van der Waals surface area contributed by atoms with Crippen LogP contribution in [-0.4, -0.2) is 40.1 Å². The van der Waals surface area contributed by atoms with Crippen LogP contribution in [0.25, 0.3) is 11.5 Å². The van der Waals surface area contributed by atoms with Crippen LogP contribution in [0, 0.1) is 0 Å². The summed E-state index contributed by atoms with van der Waals surface area (Å²) < 4.78 is 5.65. The number of hydrogen-bond acceptors (Lipinski definition) is 6. The Labute approximate surface area is 168 Å². The standard InChI is InChI=1S/C21H24N4O2S/c26-19(8-9-20-23-24-21(27-20)17-10-12-28-15-17)22-18-7-4-11-25(14-18)13-16-5-2-1-3-6-16/h1-3,5-6,10,12,15,18H,4,7-9,11,13-14H2,(H,22,26). The second kappa shape index (κ2) is 9.12. The molecule has 0 bridgehead atoms. The molecule has 1 aliphatic heterocycles. The number of piperidine rings is 1. The van der Waals surface area contributed by atoms with Crippen LogP contribution in [0.15, 0.2) is 51.6 Å². The van der Waals surface area contributed by atoms with E-state index in [9.17, 15) is 4.79 Å². The number of hydrogen-bond donors (Lipinski definition) is 1. The molecular weight excluding hydrogens is 372 g/mol. The molecular formula is C21H24N4O2S. The molecule has 1 aliphatic rings. The fraction of sp³-hybridized carbons (Fsp3) is 0.381. The highest BCUT2D eigenvalue weighted by atomic mass is 32.1. The molecule has 0 spiro atoms. The van der Waals surface area contributed by atoms with Crippen molar-refractivity contribution >= 4 is 17.2 Å². The maximum Gasteiger partial charge on any atom is 0.248 e. The van der Waals surface area contributed by atoms with Gasteiger partial charge < -0.3 is 9.73 Å². The highest BCUT2D eigenvalue weighted by Crippen LogP contribution is 2.21. The molecule has 146 valence electrons. The van der Waals surface area contributed by atoms with Gasteiger partial charge in [-0.1, -0.05) is 30.3 Å². The molecule has 0 aliphatic carbocycles. The normalized spacial score (nSPS) is 17.5. The number of amides is 1. The average molecular weight is 397 g/mol.